The van der Waals surface area contributed by atoms with E-state index in [2.05, 4.69) is 4.98 Å². The normalized spacial score (nSPS) is 11.0. The third kappa shape index (κ3) is 3.19. The van der Waals surface area contributed by atoms with E-state index in [0.717, 1.165) is 23.2 Å². The molecule has 0 atom stereocenters. The van der Waals surface area contributed by atoms with Gasteiger partial charge in [0.1, 0.15) is 5.52 Å². The molecule has 0 saturated carbocycles. The topological polar surface area (TPSA) is 83.6 Å². The number of hydrogen-bond donors (Lipinski definition) is 1. The van der Waals surface area contributed by atoms with Crippen LogP contribution in [0.15, 0.2) is 41.2 Å². The number of carboxylic acids is 1. The maximum atomic E-state index is 11.6. The Balaban J connectivity index is 2.07. The first-order valence-electron chi connectivity index (χ1n) is 5.54. The van der Waals surface area contributed by atoms with Gasteiger partial charge in [-0.1, -0.05) is 6.07 Å². The number of likely N-dealkylation sites (N-methyl/N-ethyl adjacent to an activating group) is 1. The lowest BCUT2D eigenvalue weighted by molar-refractivity contribution is -0.132. The second kappa shape index (κ2) is 5.34. The fraction of sp³-hybridized carbons (Fsp3) is 0.154. The van der Waals surface area contributed by atoms with Gasteiger partial charge in [-0.05, 0) is 17.7 Å². The molecule has 0 aliphatic rings. The second-order valence-corrected chi connectivity index (χ2v) is 4.02. The predicted octanol–water partition coefficient (Wildman–Crippen LogP) is 1.43. The molecule has 0 aliphatic carbocycles. The Bertz CT molecular complexity index is 645. The molecular weight excluding hydrogens is 248 g/mol. The standard InChI is InChI=1S/C13H12N2O4/c1-15(12(16)4-5-13(17)18)7-9-2-3-10-11(6-9)19-8-14-10/h2-6,8H,7H2,1H3,(H,17,18)/b5-4+. The molecule has 1 heterocycles. The Hall–Kier alpha value is -2.63. The highest BCUT2D eigenvalue weighted by Gasteiger charge is 2.08. The highest BCUT2D eigenvalue weighted by molar-refractivity contribution is 5.93. The number of fused-ring (bicyclic) bond motifs is 1. The van der Waals surface area contributed by atoms with Crippen molar-refractivity contribution >= 4 is 23.0 Å². The van der Waals surface area contributed by atoms with Crippen LogP contribution in [0.5, 0.6) is 0 Å². The number of carbonyl (C=O) groups is 2. The molecule has 0 spiro atoms. The summed E-state index contributed by atoms with van der Waals surface area (Å²) in [7, 11) is 1.60. The van der Waals surface area contributed by atoms with Gasteiger partial charge >= 0.3 is 5.97 Å². The fourth-order valence-electron chi connectivity index (χ4n) is 1.62. The van der Waals surface area contributed by atoms with Gasteiger partial charge < -0.3 is 14.4 Å². The molecule has 0 bridgehead atoms. The SMILES string of the molecule is CN(Cc1ccc2ncoc2c1)C(=O)/C=C/C(=O)O. The van der Waals surface area contributed by atoms with Gasteiger partial charge in [-0.3, -0.25) is 4.79 Å². The van der Waals surface area contributed by atoms with Gasteiger partial charge in [0.25, 0.3) is 0 Å². The van der Waals surface area contributed by atoms with Crippen LogP contribution in [0.4, 0.5) is 0 Å². The fourth-order valence-corrected chi connectivity index (χ4v) is 1.62. The summed E-state index contributed by atoms with van der Waals surface area (Å²) in [6.07, 6.45) is 3.20. The van der Waals surface area contributed by atoms with E-state index in [1.54, 1.807) is 19.2 Å². The Kier molecular flexibility index (Phi) is 3.61. The Morgan fingerprint density at radius 3 is 2.95 bits per heavy atom. The molecule has 0 fully saturated rings. The van der Waals surface area contributed by atoms with E-state index in [4.69, 9.17) is 9.52 Å². The molecule has 0 unspecified atom stereocenters. The van der Waals surface area contributed by atoms with E-state index in [1.165, 1.54) is 11.3 Å². The van der Waals surface area contributed by atoms with E-state index in [0.29, 0.717) is 12.1 Å². The lowest BCUT2D eigenvalue weighted by atomic mass is 10.2. The first-order chi connectivity index (χ1) is 9.06. The molecule has 1 aromatic carbocycles. The third-order valence-corrected chi connectivity index (χ3v) is 2.56. The molecule has 0 saturated heterocycles. The first-order valence-corrected chi connectivity index (χ1v) is 5.54. The van der Waals surface area contributed by atoms with Crippen molar-refractivity contribution < 1.29 is 19.1 Å². The summed E-state index contributed by atoms with van der Waals surface area (Å²) >= 11 is 0. The van der Waals surface area contributed by atoms with Crippen molar-refractivity contribution in [3.63, 3.8) is 0 Å². The first kappa shape index (κ1) is 12.8. The molecule has 0 radical (unpaired) electrons. The van der Waals surface area contributed by atoms with Crippen molar-refractivity contribution in [2.24, 2.45) is 0 Å². The van der Waals surface area contributed by atoms with Gasteiger partial charge in [-0.25, -0.2) is 9.78 Å². The van der Waals surface area contributed by atoms with Crippen LogP contribution >= 0.6 is 0 Å². The number of rotatable bonds is 4. The van der Waals surface area contributed by atoms with E-state index < -0.39 is 5.97 Å². The number of benzene rings is 1. The van der Waals surface area contributed by atoms with Crippen LogP contribution in [0.3, 0.4) is 0 Å². The molecule has 2 rings (SSSR count). The molecule has 1 amide bonds. The minimum atomic E-state index is -1.15. The van der Waals surface area contributed by atoms with Gasteiger partial charge in [0.15, 0.2) is 12.0 Å². The molecule has 6 nitrogen and oxygen atoms in total. The minimum Gasteiger partial charge on any atom is -0.478 e. The van der Waals surface area contributed by atoms with Crippen molar-refractivity contribution in [1.29, 1.82) is 0 Å². The van der Waals surface area contributed by atoms with E-state index in [9.17, 15) is 9.59 Å². The summed E-state index contributed by atoms with van der Waals surface area (Å²) < 4.78 is 5.17. The lowest BCUT2D eigenvalue weighted by Gasteiger charge is -2.14. The van der Waals surface area contributed by atoms with Crippen LogP contribution in [0.25, 0.3) is 11.1 Å². The zero-order valence-corrected chi connectivity index (χ0v) is 10.2. The average molecular weight is 260 g/mol. The van der Waals surface area contributed by atoms with Crippen molar-refractivity contribution in [2.75, 3.05) is 7.05 Å². The van der Waals surface area contributed by atoms with Crippen LogP contribution < -0.4 is 0 Å². The summed E-state index contributed by atoms with van der Waals surface area (Å²) in [5, 5.41) is 8.45. The molecule has 6 heteroatoms. The second-order valence-electron chi connectivity index (χ2n) is 4.02. The zero-order chi connectivity index (χ0) is 13.8. The zero-order valence-electron chi connectivity index (χ0n) is 10.2. The Morgan fingerprint density at radius 1 is 1.42 bits per heavy atom. The molecular formula is C13H12N2O4. The summed E-state index contributed by atoms with van der Waals surface area (Å²) in [4.78, 5) is 27.3. The molecule has 2 aromatic rings. The number of hydrogen-bond acceptors (Lipinski definition) is 4. The molecule has 98 valence electrons. The van der Waals surface area contributed by atoms with Crippen molar-refractivity contribution in [1.82, 2.24) is 9.88 Å². The van der Waals surface area contributed by atoms with Crippen LogP contribution in [0, 0.1) is 0 Å². The van der Waals surface area contributed by atoms with Crippen LogP contribution in [-0.4, -0.2) is 33.9 Å². The Morgan fingerprint density at radius 2 is 2.21 bits per heavy atom. The van der Waals surface area contributed by atoms with Crippen molar-refractivity contribution in [3.8, 4) is 0 Å². The number of carboxylic acid groups (broad SMARTS) is 1. The summed E-state index contributed by atoms with van der Waals surface area (Å²) in [5.74, 6) is -1.52. The average Bonchev–Trinajstić information content (AvgIpc) is 2.83. The number of aromatic nitrogens is 1. The quantitative estimate of drug-likeness (QED) is 0.840. The monoisotopic (exact) mass is 260 g/mol. The third-order valence-electron chi connectivity index (χ3n) is 2.56. The smallest absolute Gasteiger partial charge is 0.328 e. The molecule has 0 aliphatic heterocycles. The van der Waals surface area contributed by atoms with Crippen LogP contribution in [0.2, 0.25) is 0 Å². The van der Waals surface area contributed by atoms with E-state index in [-0.39, 0.29) is 5.91 Å². The maximum Gasteiger partial charge on any atom is 0.328 e. The highest BCUT2D eigenvalue weighted by Crippen LogP contribution is 2.15. The summed E-state index contributed by atoms with van der Waals surface area (Å²) in [6, 6.07) is 5.45. The van der Waals surface area contributed by atoms with E-state index in [1.807, 2.05) is 6.07 Å². The van der Waals surface area contributed by atoms with Crippen molar-refractivity contribution in [2.45, 2.75) is 6.54 Å². The number of oxazole rings is 1. The molecule has 1 N–H and O–H groups in total. The van der Waals surface area contributed by atoms with Crippen molar-refractivity contribution in [3.05, 3.63) is 42.3 Å². The van der Waals surface area contributed by atoms with Crippen LogP contribution in [-0.2, 0) is 16.1 Å². The summed E-state index contributed by atoms with van der Waals surface area (Å²) in [6.45, 7) is 0.361. The number of nitrogens with zero attached hydrogens (tertiary/aromatic N) is 2. The number of aliphatic carboxylic acids is 1. The highest BCUT2D eigenvalue weighted by atomic mass is 16.4. The lowest BCUT2D eigenvalue weighted by Crippen LogP contribution is -2.24. The van der Waals surface area contributed by atoms with Gasteiger partial charge in [0, 0.05) is 25.7 Å². The molecule has 1 aromatic heterocycles. The minimum absolute atomic E-state index is 0.361. The van der Waals surface area contributed by atoms with Gasteiger partial charge in [-0.2, -0.15) is 0 Å². The number of carbonyl (C=O) groups excluding carboxylic acids is 1. The van der Waals surface area contributed by atoms with Gasteiger partial charge in [-0.15, -0.1) is 0 Å². The molecule has 19 heavy (non-hydrogen) atoms. The predicted molar refractivity (Wildman–Crippen MR) is 67.3 cm³/mol. The number of amides is 1. The largest absolute Gasteiger partial charge is 0.478 e. The van der Waals surface area contributed by atoms with Gasteiger partial charge in [0.05, 0.1) is 0 Å². The van der Waals surface area contributed by atoms with Crippen LogP contribution in [0.1, 0.15) is 5.56 Å². The van der Waals surface area contributed by atoms with E-state index >= 15 is 0 Å². The summed E-state index contributed by atoms with van der Waals surface area (Å²) in [5.41, 5.74) is 2.28. The Labute approximate surface area is 109 Å². The van der Waals surface area contributed by atoms with Gasteiger partial charge in [0.2, 0.25) is 5.91 Å². The maximum absolute atomic E-state index is 11.6.